The van der Waals surface area contributed by atoms with Crippen molar-refractivity contribution in [3.63, 3.8) is 0 Å². The molecule has 0 amide bonds. The minimum Gasteiger partial charge on any atom is -0.449 e. The van der Waals surface area contributed by atoms with Crippen LogP contribution in [0.1, 0.15) is 26.7 Å². The van der Waals surface area contributed by atoms with E-state index in [1.54, 1.807) is 13.8 Å². The summed E-state index contributed by atoms with van der Waals surface area (Å²) < 4.78 is 35.3. The first-order chi connectivity index (χ1) is 4.02. The molecule has 0 aromatic rings. The van der Waals surface area contributed by atoms with Crippen LogP contribution in [0.5, 0.6) is 0 Å². The van der Waals surface area contributed by atoms with Crippen LogP contribution >= 0.6 is 0 Å². The van der Waals surface area contributed by atoms with Gasteiger partial charge in [0.25, 0.3) is 0 Å². The van der Waals surface area contributed by atoms with Crippen LogP contribution in [0.4, 0.5) is 12.9 Å². The van der Waals surface area contributed by atoms with Crippen LogP contribution in [0.2, 0.25) is 5.82 Å². The Labute approximate surface area is 102 Å². The van der Waals surface area contributed by atoms with E-state index < -0.39 is 12.8 Å². The van der Waals surface area contributed by atoms with Gasteiger partial charge in [0.15, 0.2) is 0 Å². The fourth-order valence-corrected chi connectivity index (χ4v) is 0.823. The van der Waals surface area contributed by atoms with Gasteiger partial charge < -0.3 is 12.9 Å². The van der Waals surface area contributed by atoms with E-state index in [1.807, 2.05) is 0 Å². The van der Waals surface area contributed by atoms with Crippen molar-refractivity contribution in [3.8, 4) is 0 Å². The standard InChI is InChI=1S/C5H11BF3.K/c1-3-5(4-2)6(7,8)9;/h5H,3-4H2,1-2H3;/q-1;+1. The minimum atomic E-state index is -4.57. The molecule has 0 N–H and O–H groups in total. The number of hydrogen-bond donors (Lipinski definition) is 0. The van der Waals surface area contributed by atoms with Crippen molar-refractivity contribution in [1.82, 2.24) is 0 Å². The van der Waals surface area contributed by atoms with Gasteiger partial charge in [-0.3, -0.25) is 0 Å². The smallest absolute Gasteiger partial charge is 0.449 e. The molecule has 0 saturated heterocycles. The Morgan fingerprint density at radius 1 is 1.10 bits per heavy atom. The second-order valence-electron chi connectivity index (χ2n) is 2.20. The summed E-state index contributed by atoms with van der Waals surface area (Å²) in [6, 6.07) is 0. The fraction of sp³-hybridized carbons (Fsp3) is 1.00. The van der Waals surface area contributed by atoms with E-state index in [9.17, 15) is 12.9 Å². The van der Waals surface area contributed by atoms with E-state index in [0.29, 0.717) is 0 Å². The third kappa shape index (κ3) is 5.18. The average Bonchev–Trinajstić information content (AvgIpc) is 1.65. The Hall–Kier alpha value is 1.49. The molecule has 0 aromatic carbocycles. The Kier molecular flexibility index (Phi) is 8.50. The quantitative estimate of drug-likeness (QED) is 0.535. The van der Waals surface area contributed by atoms with Gasteiger partial charge in [-0.05, 0) is 0 Å². The van der Waals surface area contributed by atoms with Gasteiger partial charge in [-0.15, -0.1) is 0 Å². The van der Waals surface area contributed by atoms with Crippen LogP contribution in [-0.4, -0.2) is 6.98 Å². The van der Waals surface area contributed by atoms with Crippen LogP contribution < -0.4 is 51.4 Å². The van der Waals surface area contributed by atoms with E-state index in [-0.39, 0.29) is 64.2 Å². The molecule has 0 aliphatic heterocycles. The summed E-state index contributed by atoms with van der Waals surface area (Å²) >= 11 is 0. The van der Waals surface area contributed by atoms with Crippen molar-refractivity contribution in [2.45, 2.75) is 32.5 Å². The van der Waals surface area contributed by atoms with Crippen molar-refractivity contribution in [2.24, 2.45) is 0 Å². The summed E-state index contributed by atoms with van der Waals surface area (Å²) in [7, 11) is 0. The third-order valence-corrected chi connectivity index (χ3v) is 1.58. The molecule has 0 nitrogen and oxygen atoms in total. The van der Waals surface area contributed by atoms with Crippen LogP contribution in [0.15, 0.2) is 0 Å². The molecule has 0 saturated carbocycles. The van der Waals surface area contributed by atoms with Gasteiger partial charge in [0.05, 0.1) is 0 Å². The Morgan fingerprint density at radius 2 is 1.40 bits per heavy atom. The van der Waals surface area contributed by atoms with Crippen LogP contribution in [-0.2, 0) is 0 Å². The molecular weight excluding hydrogens is 167 g/mol. The topological polar surface area (TPSA) is 0 Å². The molecule has 56 valence electrons. The summed E-state index contributed by atoms with van der Waals surface area (Å²) in [5.74, 6) is -1.04. The second kappa shape index (κ2) is 6.06. The monoisotopic (exact) mass is 178 g/mol. The molecule has 0 heterocycles. The van der Waals surface area contributed by atoms with Crippen LogP contribution in [0.3, 0.4) is 0 Å². The molecule has 0 spiro atoms. The fourth-order valence-electron chi connectivity index (χ4n) is 0.823. The largest absolute Gasteiger partial charge is 1.00 e. The van der Waals surface area contributed by atoms with Crippen molar-refractivity contribution in [2.75, 3.05) is 0 Å². The van der Waals surface area contributed by atoms with Crippen molar-refractivity contribution in [3.05, 3.63) is 0 Å². The predicted octanol–water partition coefficient (Wildman–Crippen LogP) is 0.0280. The first-order valence-electron chi connectivity index (χ1n) is 3.22. The molecule has 0 aromatic heterocycles. The SMILES string of the molecule is CCC(CC)[B-](F)(F)F.[K+]. The molecule has 0 rings (SSSR count). The molecule has 0 aliphatic rings. The normalized spacial score (nSPS) is 11.4. The first-order valence-corrected chi connectivity index (χ1v) is 3.22. The van der Waals surface area contributed by atoms with Crippen molar-refractivity contribution < 1.29 is 64.3 Å². The molecular formula is C5H11BF3K. The summed E-state index contributed by atoms with van der Waals surface area (Å²) in [5, 5.41) is 0. The second-order valence-corrected chi connectivity index (χ2v) is 2.20. The summed E-state index contributed by atoms with van der Waals surface area (Å²) in [5.41, 5.74) is 0. The molecule has 0 radical (unpaired) electrons. The van der Waals surface area contributed by atoms with E-state index in [0.717, 1.165) is 0 Å². The van der Waals surface area contributed by atoms with Crippen LogP contribution in [0, 0.1) is 0 Å². The van der Waals surface area contributed by atoms with Crippen LogP contribution in [0.25, 0.3) is 0 Å². The molecule has 0 unspecified atom stereocenters. The maximum absolute atomic E-state index is 11.8. The van der Waals surface area contributed by atoms with Crippen molar-refractivity contribution >= 4 is 6.98 Å². The Bertz CT molecular complexity index is 79.5. The van der Waals surface area contributed by atoms with Gasteiger partial charge in [0.2, 0.25) is 0 Å². The number of halogens is 3. The predicted molar refractivity (Wildman–Crippen MR) is 33.4 cm³/mol. The van der Waals surface area contributed by atoms with Gasteiger partial charge in [-0.2, -0.15) is 0 Å². The third-order valence-electron chi connectivity index (χ3n) is 1.58. The molecule has 0 aliphatic carbocycles. The first kappa shape index (κ1) is 14.0. The van der Waals surface area contributed by atoms with Crippen molar-refractivity contribution in [1.29, 1.82) is 0 Å². The van der Waals surface area contributed by atoms with E-state index in [2.05, 4.69) is 0 Å². The zero-order chi connectivity index (χ0) is 7.49. The Balaban J connectivity index is 0. The minimum absolute atomic E-state index is 0. The number of rotatable bonds is 3. The van der Waals surface area contributed by atoms with Gasteiger partial charge in [-0.25, -0.2) is 0 Å². The number of hydrogen-bond acceptors (Lipinski definition) is 0. The van der Waals surface area contributed by atoms with E-state index in [4.69, 9.17) is 0 Å². The molecule has 0 bridgehead atoms. The molecule has 5 heteroatoms. The summed E-state index contributed by atoms with van der Waals surface area (Å²) in [4.78, 5) is 0. The average molecular weight is 178 g/mol. The maximum atomic E-state index is 11.8. The van der Waals surface area contributed by atoms with Gasteiger partial charge in [0.1, 0.15) is 0 Å². The zero-order valence-electron chi connectivity index (χ0n) is 6.70. The zero-order valence-corrected chi connectivity index (χ0v) is 9.83. The van der Waals surface area contributed by atoms with E-state index >= 15 is 0 Å². The summed E-state index contributed by atoms with van der Waals surface area (Å²) in [6.07, 6.45) is 0.444. The van der Waals surface area contributed by atoms with Gasteiger partial charge in [0, 0.05) is 0 Å². The molecule has 0 atom stereocenters. The molecule has 0 fully saturated rings. The maximum Gasteiger partial charge on any atom is 1.00 e. The van der Waals surface area contributed by atoms with Gasteiger partial charge in [-0.1, -0.05) is 32.5 Å². The van der Waals surface area contributed by atoms with Gasteiger partial charge >= 0.3 is 58.4 Å². The molecule has 10 heavy (non-hydrogen) atoms. The van der Waals surface area contributed by atoms with E-state index in [1.165, 1.54) is 0 Å². The summed E-state index contributed by atoms with van der Waals surface area (Å²) in [6.45, 7) is -1.42. The Morgan fingerprint density at radius 3 is 1.40 bits per heavy atom.